The second kappa shape index (κ2) is 6.25. The predicted molar refractivity (Wildman–Crippen MR) is 77.0 cm³/mol. The maximum atomic E-state index is 12.5. The van der Waals surface area contributed by atoms with Crippen LogP contribution in [-0.4, -0.2) is 36.0 Å². The molecule has 1 aliphatic heterocycles. The molecule has 1 heterocycles. The van der Waals surface area contributed by atoms with Crippen LogP contribution in [0.2, 0.25) is 0 Å². The lowest BCUT2D eigenvalue weighted by molar-refractivity contribution is -0.133. The minimum Gasteiger partial charge on any atom is -0.339 e. The molecule has 1 atom stereocenters. The summed E-state index contributed by atoms with van der Waals surface area (Å²) in [5, 5.41) is 3.46. The summed E-state index contributed by atoms with van der Waals surface area (Å²) in [6.45, 7) is 2.15. The predicted octanol–water partition coefficient (Wildman–Crippen LogP) is 2.70. The standard InChI is InChI=1S/C16H28N2O/c19-16(11-14-7-4-10-17-14)18(15-8-9-15)12-13-5-2-1-3-6-13/h13-15,17H,1-12H2. The van der Waals surface area contributed by atoms with Crippen molar-refractivity contribution in [1.82, 2.24) is 10.2 Å². The number of amides is 1. The minimum absolute atomic E-state index is 0.424. The van der Waals surface area contributed by atoms with E-state index in [1.165, 1.54) is 57.8 Å². The van der Waals surface area contributed by atoms with Crippen molar-refractivity contribution in [2.45, 2.75) is 76.3 Å². The molecule has 2 saturated carbocycles. The Labute approximate surface area is 117 Å². The van der Waals surface area contributed by atoms with E-state index in [2.05, 4.69) is 10.2 Å². The molecule has 0 aromatic heterocycles. The van der Waals surface area contributed by atoms with Crippen LogP contribution in [0.5, 0.6) is 0 Å². The Kier molecular flexibility index (Phi) is 4.42. The van der Waals surface area contributed by atoms with Crippen LogP contribution in [0.4, 0.5) is 0 Å². The Hall–Kier alpha value is -0.570. The monoisotopic (exact) mass is 264 g/mol. The molecule has 0 radical (unpaired) electrons. The van der Waals surface area contributed by atoms with E-state index in [0.717, 1.165) is 25.4 Å². The van der Waals surface area contributed by atoms with Gasteiger partial charge < -0.3 is 10.2 Å². The van der Waals surface area contributed by atoms with E-state index in [1.54, 1.807) is 0 Å². The molecule has 3 fully saturated rings. The molecule has 0 aromatic rings. The van der Waals surface area contributed by atoms with Crippen LogP contribution in [0, 0.1) is 5.92 Å². The van der Waals surface area contributed by atoms with Crippen LogP contribution in [0.3, 0.4) is 0 Å². The first-order chi connectivity index (χ1) is 9.33. The van der Waals surface area contributed by atoms with Crippen molar-refractivity contribution in [3.63, 3.8) is 0 Å². The van der Waals surface area contributed by atoms with Crippen LogP contribution in [-0.2, 0) is 4.79 Å². The Bertz CT molecular complexity index is 302. The normalized spacial score (nSPS) is 28.5. The maximum Gasteiger partial charge on any atom is 0.224 e. The largest absolute Gasteiger partial charge is 0.339 e. The summed E-state index contributed by atoms with van der Waals surface area (Å²) in [7, 11) is 0. The van der Waals surface area contributed by atoms with E-state index in [0.29, 0.717) is 18.0 Å². The summed E-state index contributed by atoms with van der Waals surface area (Å²) in [4.78, 5) is 14.8. The van der Waals surface area contributed by atoms with Gasteiger partial charge in [-0.1, -0.05) is 19.3 Å². The molecule has 3 nitrogen and oxygen atoms in total. The second-order valence-electron chi connectivity index (χ2n) is 6.78. The average Bonchev–Trinajstić information content (AvgIpc) is 3.15. The van der Waals surface area contributed by atoms with Gasteiger partial charge in [0.1, 0.15) is 0 Å². The first kappa shape index (κ1) is 13.4. The van der Waals surface area contributed by atoms with Gasteiger partial charge in [0.05, 0.1) is 0 Å². The molecular formula is C16H28N2O. The molecule has 2 aliphatic carbocycles. The van der Waals surface area contributed by atoms with Gasteiger partial charge in [0.15, 0.2) is 0 Å². The average molecular weight is 264 g/mol. The molecule has 1 unspecified atom stereocenters. The van der Waals surface area contributed by atoms with Gasteiger partial charge in [0.25, 0.3) is 0 Å². The first-order valence-electron chi connectivity index (χ1n) is 8.36. The number of nitrogens with zero attached hydrogens (tertiary/aromatic N) is 1. The van der Waals surface area contributed by atoms with Gasteiger partial charge >= 0.3 is 0 Å². The van der Waals surface area contributed by atoms with Crippen molar-refractivity contribution < 1.29 is 4.79 Å². The minimum atomic E-state index is 0.424. The Morgan fingerprint density at radius 1 is 1.00 bits per heavy atom. The van der Waals surface area contributed by atoms with Crippen molar-refractivity contribution >= 4 is 5.91 Å². The summed E-state index contributed by atoms with van der Waals surface area (Å²) in [5.74, 6) is 1.21. The third kappa shape index (κ3) is 3.71. The lowest BCUT2D eigenvalue weighted by Crippen LogP contribution is -2.40. The number of nitrogens with one attached hydrogen (secondary N) is 1. The number of hydrogen-bond donors (Lipinski definition) is 1. The zero-order valence-electron chi connectivity index (χ0n) is 12.1. The van der Waals surface area contributed by atoms with Crippen LogP contribution >= 0.6 is 0 Å². The highest BCUT2D eigenvalue weighted by Crippen LogP contribution is 2.32. The molecule has 108 valence electrons. The van der Waals surface area contributed by atoms with Crippen LogP contribution < -0.4 is 5.32 Å². The van der Waals surface area contributed by atoms with Gasteiger partial charge in [-0.05, 0) is 51.0 Å². The van der Waals surface area contributed by atoms with Gasteiger partial charge in [-0.15, -0.1) is 0 Å². The molecule has 19 heavy (non-hydrogen) atoms. The summed E-state index contributed by atoms with van der Waals surface area (Å²) >= 11 is 0. The van der Waals surface area contributed by atoms with Gasteiger partial charge in [0, 0.05) is 25.0 Å². The lowest BCUT2D eigenvalue weighted by atomic mass is 9.89. The molecule has 0 spiro atoms. The van der Waals surface area contributed by atoms with E-state index < -0.39 is 0 Å². The molecular weight excluding hydrogens is 236 g/mol. The number of hydrogen-bond acceptors (Lipinski definition) is 2. The zero-order valence-corrected chi connectivity index (χ0v) is 12.1. The summed E-state index contributed by atoms with van der Waals surface area (Å²) in [5.41, 5.74) is 0. The van der Waals surface area contributed by atoms with Crippen molar-refractivity contribution in [1.29, 1.82) is 0 Å². The number of carbonyl (C=O) groups is 1. The van der Waals surface area contributed by atoms with Gasteiger partial charge in [-0.25, -0.2) is 0 Å². The van der Waals surface area contributed by atoms with Crippen molar-refractivity contribution in [3.05, 3.63) is 0 Å². The van der Waals surface area contributed by atoms with Crippen molar-refractivity contribution in [2.75, 3.05) is 13.1 Å². The van der Waals surface area contributed by atoms with Gasteiger partial charge in [0.2, 0.25) is 5.91 Å². The zero-order chi connectivity index (χ0) is 13.1. The molecule has 0 bridgehead atoms. The van der Waals surface area contributed by atoms with E-state index in [1.807, 2.05) is 0 Å². The third-order valence-corrected chi connectivity index (χ3v) is 5.07. The van der Waals surface area contributed by atoms with Crippen molar-refractivity contribution in [3.8, 4) is 0 Å². The highest BCUT2D eigenvalue weighted by Gasteiger charge is 2.35. The third-order valence-electron chi connectivity index (χ3n) is 5.07. The number of carbonyl (C=O) groups excluding carboxylic acids is 1. The second-order valence-corrected chi connectivity index (χ2v) is 6.78. The fourth-order valence-electron chi connectivity index (χ4n) is 3.75. The SMILES string of the molecule is O=C(CC1CCCN1)N(CC1CCCCC1)C1CC1. The van der Waals surface area contributed by atoms with Crippen LogP contribution in [0.15, 0.2) is 0 Å². The molecule has 3 aliphatic rings. The summed E-state index contributed by atoms with van der Waals surface area (Å²) in [6.07, 6.45) is 12.5. The van der Waals surface area contributed by atoms with Crippen LogP contribution in [0.1, 0.15) is 64.2 Å². The summed E-state index contributed by atoms with van der Waals surface area (Å²) < 4.78 is 0. The van der Waals surface area contributed by atoms with E-state index in [4.69, 9.17) is 0 Å². The molecule has 1 N–H and O–H groups in total. The molecule has 0 aromatic carbocycles. The molecule has 3 rings (SSSR count). The Morgan fingerprint density at radius 3 is 2.42 bits per heavy atom. The summed E-state index contributed by atoms with van der Waals surface area (Å²) in [6, 6.07) is 1.05. The first-order valence-corrected chi connectivity index (χ1v) is 8.36. The fraction of sp³-hybridized carbons (Fsp3) is 0.938. The van der Waals surface area contributed by atoms with Crippen molar-refractivity contribution in [2.24, 2.45) is 5.92 Å². The lowest BCUT2D eigenvalue weighted by Gasteiger charge is -2.30. The molecule has 1 saturated heterocycles. The number of rotatable bonds is 5. The van der Waals surface area contributed by atoms with E-state index in [-0.39, 0.29) is 0 Å². The molecule has 1 amide bonds. The quantitative estimate of drug-likeness (QED) is 0.828. The van der Waals surface area contributed by atoms with E-state index in [9.17, 15) is 4.79 Å². The molecule has 3 heteroatoms. The topological polar surface area (TPSA) is 32.3 Å². The highest BCUT2D eigenvalue weighted by molar-refractivity contribution is 5.77. The van der Waals surface area contributed by atoms with Gasteiger partial charge in [-0.2, -0.15) is 0 Å². The fourth-order valence-corrected chi connectivity index (χ4v) is 3.75. The smallest absolute Gasteiger partial charge is 0.224 e. The van der Waals surface area contributed by atoms with Gasteiger partial charge in [-0.3, -0.25) is 4.79 Å². The van der Waals surface area contributed by atoms with E-state index >= 15 is 0 Å². The Morgan fingerprint density at radius 2 is 1.79 bits per heavy atom. The maximum absolute atomic E-state index is 12.5. The van der Waals surface area contributed by atoms with Crippen LogP contribution in [0.25, 0.3) is 0 Å². The highest BCUT2D eigenvalue weighted by atomic mass is 16.2. The Balaban J connectivity index is 1.52.